The smallest absolute Gasteiger partial charge is 0.166 e. The van der Waals surface area contributed by atoms with Crippen LogP contribution in [0.15, 0.2) is 64.5 Å². The fourth-order valence-electron chi connectivity index (χ4n) is 1.50. The van der Waals surface area contributed by atoms with E-state index in [1.807, 2.05) is 42.5 Å². The molecule has 19 heavy (non-hydrogen) atoms. The maximum Gasteiger partial charge on any atom is 0.166 e. The van der Waals surface area contributed by atoms with Crippen LogP contribution < -0.4 is 5.73 Å². The number of hydrogen-bond donors (Lipinski definition) is 1. The molecule has 0 spiro atoms. The van der Waals surface area contributed by atoms with Gasteiger partial charge >= 0.3 is 0 Å². The van der Waals surface area contributed by atoms with Gasteiger partial charge in [-0.25, -0.2) is 4.99 Å². The van der Waals surface area contributed by atoms with Crippen molar-refractivity contribution in [3.63, 3.8) is 0 Å². The minimum atomic E-state index is 0.449. The molecule has 0 aliphatic heterocycles. The third-order valence-corrected chi connectivity index (χ3v) is 3.62. The molecule has 96 valence electrons. The lowest BCUT2D eigenvalue weighted by molar-refractivity contribution is 1.38. The van der Waals surface area contributed by atoms with Crippen molar-refractivity contribution in [2.45, 2.75) is 11.8 Å². The largest absolute Gasteiger partial charge is 0.383 e. The fourth-order valence-corrected chi connectivity index (χ4v) is 2.51. The molecular weight excluding hydrogens is 272 g/mol. The molecule has 0 aromatic heterocycles. The highest BCUT2D eigenvalue weighted by atomic mass is 32.2. The van der Waals surface area contributed by atoms with Gasteiger partial charge in [0.25, 0.3) is 0 Å². The average molecular weight is 286 g/mol. The second kappa shape index (κ2) is 6.50. The summed E-state index contributed by atoms with van der Waals surface area (Å²) in [6.07, 6.45) is 0. The third-order valence-electron chi connectivity index (χ3n) is 2.51. The minimum absolute atomic E-state index is 0.449. The third kappa shape index (κ3) is 4.19. The zero-order chi connectivity index (χ0) is 13.7. The lowest BCUT2D eigenvalue weighted by Gasteiger charge is -2.02. The molecule has 2 aromatic carbocycles. The highest BCUT2D eigenvalue weighted by molar-refractivity contribution is 8.23. The van der Waals surface area contributed by atoms with Crippen molar-refractivity contribution < 1.29 is 0 Å². The van der Waals surface area contributed by atoms with Gasteiger partial charge < -0.3 is 5.73 Å². The van der Waals surface area contributed by atoms with Gasteiger partial charge in [-0.3, -0.25) is 0 Å². The molecule has 2 rings (SSSR count). The van der Waals surface area contributed by atoms with E-state index < -0.39 is 0 Å². The van der Waals surface area contributed by atoms with Gasteiger partial charge in [-0.2, -0.15) is 0 Å². The van der Waals surface area contributed by atoms with Crippen LogP contribution in [-0.2, 0) is 0 Å². The van der Waals surface area contributed by atoms with Crippen molar-refractivity contribution >= 4 is 34.1 Å². The molecule has 0 unspecified atom stereocenters. The molecule has 0 bridgehead atoms. The van der Waals surface area contributed by atoms with Gasteiger partial charge in [0, 0.05) is 10.5 Å². The van der Waals surface area contributed by atoms with Gasteiger partial charge in [-0.15, -0.1) is 0 Å². The van der Waals surface area contributed by atoms with Crippen LogP contribution in [-0.4, -0.2) is 10.2 Å². The highest BCUT2D eigenvalue weighted by Gasteiger charge is 2.02. The standard InChI is InChI=1S/C15H14N2S2/c1-11-7-9-13(10-8-11)19-15(18)17-14(16)12-5-3-2-4-6-12/h2-10H,1H3,(H2,16,17,18). The van der Waals surface area contributed by atoms with Gasteiger partial charge in [0.1, 0.15) is 5.84 Å². The number of amidine groups is 1. The molecule has 0 fully saturated rings. The average Bonchev–Trinajstić information content (AvgIpc) is 2.42. The Morgan fingerprint density at radius 2 is 1.68 bits per heavy atom. The molecular formula is C15H14N2S2. The van der Waals surface area contributed by atoms with E-state index in [9.17, 15) is 0 Å². The monoisotopic (exact) mass is 286 g/mol. The molecule has 2 N–H and O–H groups in total. The second-order valence-electron chi connectivity index (χ2n) is 4.04. The first-order valence-electron chi connectivity index (χ1n) is 5.83. The van der Waals surface area contributed by atoms with Crippen LogP contribution in [0.1, 0.15) is 11.1 Å². The van der Waals surface area contributed by atoms with Crippen LogP contribution >= 0.6 is 24.0 Å². The van der Waals surface area contributed by atoms with Gasteiger partial charge in [0.2, 0.25) is 0 Å². The van der Waals surface area contributed by atoms with Gasteiger partial charge in [-0.1, -0.05) is 72.0 Å². The number of thiocarbonyl (C=S) groups is 1. The molecule has 0 atom stereocenters. The first-order chi connectivity index (χ1) is 9.15. The van der Waals surface area contributed by atoms with Crippen LogP contribution in [0.5, 0.6) is 0 Å². The van der Waals surface area contributed by atoms with E-state index in [2.05, 4.69) is 24.0 Å². The van der Waals surface area contributed by atoms with Crippen LogP contribution in [0.25, 0.3) is 0 Å². The van der Waals surface area contributed by atoms with Crippen molar-refractivity contribution in [1.29, 1.82) is 0 Å². The van der Waals surface area contributed by atoms with Crippen LogP contribution in [0.4, 0.5) is 0 Å². The topological polar surface area (TPSA) is 38.4 Å². The zero-order valence-corrected chi connectivity index (χ0v) is 12.2. The Labute approximate surface area is 122 Å². The summed E-state index contributed by atoms with van der Waals surface area (Å²) < 4.78 is 0.519. The molecule has 0 aliphatic rings. The zero-order valence-electron chi connectivity index (χ0n) is 10.5. The summed E-state index contributed by atoms with van der Waals surface area (Å²) >= 11 is 6.68. The first-order valence-corrected chi connectivity index (χ1v) is 7.06. The van der Waals surface area contributed by atoms with Crippen molar-refractivity contribution in [3.05, 3.63) is 65.7 Å². The molecule has 0 amide bonds. The Kier molecular flexibility index (Phi) is 4.71. The van der Waals surface area contributed by atoms with E-state index in [0.29, 0.717) is 10.2 Å². The summed E-state index contributed by atoms with van der Waals surface area (Å²) in [6, 6.07) is 17.8. The number of rotatable bonds is 2. The van der Waals surface area contributed by atoms with E-state index in [4.69, 9.17) is 18.0 Å². The predicted octanol–water partition coefficient (Wildman–Crippen LogP) is 3.78. The Balaban J connectivity index is 2.07. The van der Waals surface area contributed by atoms with E-state index in [0.717, 1.165) is 10.5 Å². The van der Waals surface area contributed by atoms with Gasteiger partial charge in [-0.05, 0) is 19.1 Å². The number of nitrogens with zero attached hydrogens (tertiary/aromatic N) is 1. The maximum atomic E-state index is 5.92. The van der Waals surface area contributed by atoms with Gasteiger partial charge in [0.05, 0.1) is 0 Å². The second-order valence-corrected chi connectivity index (χ2v) is 5.75. The van der Waals surface area contributed by atoms with E-state index in [-0.39, 0.29) is 0 Å². The van der Waals surface area contributed by atoms with E-state index in [1.165, 1.54) is 17.3 Å². The number of hydrogen-bond acceptors (Lipinski definition) is 2. The van der Waals surface area contributed by atoms with Crippen LogP contribution in [0.2, 0.25) is 0 Å². The summed E-state index contributed by atoms with van der Waals surface area (Å²) in [6.45, 7) is 2.05. The Hall–Kier alpha value is -1.65. The summed E-state index contributed by atoms with van der Waals surface area (Å²) in [4.78, 5) is 5.32. The number of thioether (sulfide) groups is 1. The molecule has 0 saturated carbocycles. The number of aryl methyl sites for hydroxylation is 1. The Morgan fingerprint density at radius 1 is 1.05 bits per heavy atom. The van der Waals surface area contributed by atoms with Gasteiger partial charge in [0.15, 0.2) is 4.32 Å². The van der Waals surface area contributed by atoms with Crippen molar-refractivity contribution in [2.24, 2.45) is 10.7 Å². The van der Waals surface area contributed by atoms with Crippen LogP contribution in [0.3, 0.4) is 0 Å². The molecule has 4 heteroatoms. The molecule has 0 aliphatic carbocycles. The van der Waals surface area contributed by atoms with E-state index in [1.54, 1.807) is 0 Å². The van der Waals surface area contributed by atoms with Crippen molar-refractivity contribution in [2.75, 3.05) is 0 Å². The molecule has 0 saturated heterocycles. The maximum absolute atomic E-state index is 5.92. The Morgan fingerprint density at radius 3 is 2.32 bits per heavy atom. The Bertz CT molecular complexity index is 589. The van der Waals surface area contributed by atoms with Crippen molar-refractivity contribution in [3.8, 4) is 0 Å². The lowest BCUT2D eigenvalue weighted by atomic mass is 10.2. The highest BCUT2D eigenvalue weighted by Crippen LogP contribution is 2.21. The minimum Gasteiger partial charge on any atom is -0.383 e. The van der Waals surface area contributed by atoms with Crippen LogP contribution in [0, 0.1) is 6.92 Å². The summed E-state index contributed by atoms with van der Waals surface area (Å²) in [7, 11) is 0. The number of aliphatic imine (C=N–C) groups is 1. The molecule has 2 aromatic rings. The van der Waals surface area contributed by atoms with Crippen molar-refractivity contribution in [1.82, 2.24) is 0 Å². The summed E-state index contributed by atoms with van der Waals surface area (Å²) in [5.41, 5.74) is 8.03. The van der Waals surface area contributed by atoms with E-state index >= 15 is 0 Å². The molecule has 2 nitrogen and oxygen atoms in total. The molecule has 0 radical (unpaired) electrons. The molecule has 0 heterocycles. The quantitative estimate of drug-likeness (QED) is 0.395. The fraction of sp³-hybridized carbons (Fsp3) is 0.0667. The summed E-state index contributed by atoms with van der Waals surface area (Å²) in [5.74, 6) is 0.449. The lowest BCUT2D eigenvalue weighted by Crippen LogP contribution is -2.14. The normalized spacial score (nSPS) is 11.3. The predicted molar refractivity (Wildman–Crippen MR) is 86.8 cm³/mol. The number of nitrogens with two attached hydrogens (primary N) is 1. The number of benzene rings is 2. The SMILES string of the molecule is Cc1ccc(SC(=S)N=C(N)c2ccccc2)cc1. The first kappa shape index (κ1) is 13.8. The summed E-state index contributed by atoms with van der Waals surface area (Å²) in [5, 5.41) is 0.